The second-order valence-electron chi connectivity index (χ2n) is 5.09. The Hall–Kier alpha value is -1.22. The average molecular weight is 320 g/mol. The molecule has 2 saturated heterocycles. The van der Waals surface area contributed by atoms with Crippen LogP contribution in [0.4, 0.5) is 0 Å². The third-order valence-corrected chi connectivity index (χ3v) is 3.47. The van der Waals surface area contributed by atoms with Crippen LogP contribution in [0.25, 0.3) is 0 Å². The van der Waals surface area contributed by atoms with Crippen LogP contribution >= 0.6 is 0 Å². The van der Waals surface area contributed by atoms with Crippen molar-refractivity contribution in [2.24, 2.45) is 0 Å². The highest BCUT2D eigenvalue weighted by Gasteiger charge is 2.46. The molecule has 22 heavy (non-hydrogen) atoms. The molecule has 0 amide bonds. The zero-order chi connectivity index (χ0) is 16.5. The van der Waals surface area contributed by atoms with Gasteiger partial charge in [0.2, 0.25) is 0 Å². The van der Waals surface area contributed by atoms with Gasteiger partial charge in [-0.05, 0) is 12.8 Å². The Labute approximate surface area is 129 Å². The Morgan fingerprint density at radius 2 is 1.27 bits per heavy atom. The molecule has 0 spiro atoms. The normalized spacial score (nSPS) is 29.3. The highest BCUT2D eigenvalue weighted by molar-refractivity contribution is 5.70. The van der Waals surface area contributed by atoms with Crippen LogP contribution in [0.5, 0.6) is 0 Å². The molecule has 2 aliphatic rings. The number of carbonyl (C=O) groups is 2. The van der Waals surface area contributed by atoms with Crippen LogP contribution in [-0.4, -0.2) is 74.0 Å². The summed E-state index contributed by atoms with van der Waals surface area (Å²) < 4.78 is 19.0. The van der Waals surface area contributed by atoms with E-state index in [0.717, 1.165) is 0 Å². The number of hydrogen-bond acceptors (Lipinski definition) is 8. The van der Waals surface area contributed by atoms with Crippen molar-refractivity contribution in [3.63, 3.8) is 0 Å². The zero-order valence-corrected chi connectivity index (χ0v) is 12.9. The van der Waals surface area contributed by atoms with E-state index in [1.54, 1.807) is 0 Å². The molecule has 2 fully saturated rings. The van der Waals surface area contributed by atoms with E-state index in [-0.39, 0.29) is 37.4 Å². The molecule has 0 aromatic carbocycles. The predicted octanol–water partition coefficient (Wildman–Crippen LogP) is -0.601. The molecule has 0 radical (unpaired) electrons. The van der Waals surface area contributed by atoms with Crippen molar-refractivity contribution in [3.8, 4) is 0 Å². The molecule has 8 nitrogen and oxygen atoms in total. The van der Waals surface area contributed by atoms with Crippen LogP contribution in [0, 0.1) is 0 Å². The van der Waals surface area contributed by atoms with Crippen molar-refractivity contribution in [2.75, 3.05) is 27.4 Å². The highest BCUT2D eigenvalue weighted by Crippen LogP contribution is 2.26. The summed E-state index contributed by atoms with van der Waals surface area (Å²) in [6, 6.07) is 0. The van der Waals surface area contributed by atoms with Gasteiger partial charge in [-0.25, -0.2) is 0 Å². The first-order valence-corrected chi connectivity index (χ1v) is 7.22. The van der Waals surface area contributed by atoms with Gasteiger partial charge in [0.15, 0.2) is 0 Å². The Morgan fingerprint density at radius 3 is 1.59 bits per heavy atom. The molecule has 0 bridgehead atoms. The highest BCUT2D eigenvalue weighted by atomic mass is 16.6. The lowest BCUT2D eigenvalue weighted by atomic mass is 10.1. The Kier molecular flexibility index (Phi) is 8.32. The van der Waals surface area contributed by atoms with Crippen LogP contribution in [0.15, 0.2) is 0 Å². The molecule has 2 heterocycles. The quantitative estimate of drug-likeness (QED) is 0.510. The van der Waals surface area contributed by atoms with Gasteiger partial charge in [0.25, 0.3) is 0 Å². The first kappa shape index (κ1) is 18.8. The van der Waals surface area contributed by atoms with Gasteiger partial charge in [-0.3, -0.25) is 9.59 Å². The molecule has 2 aliphatic heterocycles. The van der Waals surface area contributed by atoms with Crippen molar-refractivity contribution in [1.82, 2.24) is 0 Å². The fourth-order valence-electron chi connectivity index (χ4n) is 2.20. The van der Waals surface area contributed by atoms with Gasteiger partial charge in [0.1, 0.15) is 24.4 Å². The number of ether oxygens (including phenoxy) is 4. The number of unbranched alkanes of at least 4 members (excludes halogenated alkanes) is 1. The van der Waals surface area contributed by atoms with Gasteiger partial charge < -0.3 is 29.2 Å². The number of fused-ring (bicyclic) bond motifs is 1. The van der Waals surface area contributed by atoms with Crippen LogP contribution in [0.2, 0.25) is 0 Å². The van der Waals surface area contributed by atoms with E-state index in [0.29, 0.717) is 25.7 Å². The van der Waals surface area contributed by atoms with Crippen LogP contribution in [0.1, 0.15) is 25.7 Å². The number of aliphatic hydroxyl groups excluding tert-OH is 2. The molecule has 0 unspecified atom stereocenters. The Morgan fingerprint density at radius 1 is 0.909 bits per heavy atom. The summed E-state index contributed by atoms with van der Waals surface area (Å²) in [7, 11) is 2.70. The Bertz CT molecular complexity index is 325. The summed E-state index contributed by atoms with van der Waals surface area (Å²) in [5, 5.41) is 18.3. The lowest BCUT2D eigenvalue weighted by Gasteiger charge is -2.09. The van der Waals surface area contributed by atoms with Gasteiger partial charge in [-0.2, -0.15) is 0 Å². The van der Waals surface area contributed by atoms with Gasteiger partial charge >= 0.3 is 11.9 Å². The third-order valence-electron chi connectivity index (χ3n) is 3.47. The molecule has 2 rings (SSSR count). The van der Waals surface area contributed by atoms with Crippen molar-refractivity contribution in [2.45, 2.75) is 50.1 Å². The van der Waals surface area contributed by atoms with E-state index in [2.05, 4.69) is 9.47 Å². The summed E-state index contributed by atoms with van der Waals surface area (Å²) in [4.78, 5) is 21.2. The van der Waals surface area contributed by atoms with Crippen molar-refractivity contribution < 1.29 is 38.7 Å². The average Bonchev–Trinajstić information content (AvgIpc) is 3.07. The van der Waals surface area contributed by atoms with Crippen molar-refractivity contribution in [3.05, 3.63) is 0 Å². The second-order valence-corrected chi connectivity index (χ2v) is 5.09. The molecule has 0 saturated carbocycles. The maximum atomic E-state index is 10.6. The molecular formula is C14H24O8. The van der Waals surface area contributed by atoms with Crippen molar-refractivity contribution >= 4 is 11.9 Å². The van der Waals surface area contributed by atoms with Gasteiger partial charge in [-0.1, -0.05) is 0 Å². The standard InChI is InChI=1S/C8H14O4.C6H10O4/c1-11-7(9)5-3-4-6-8(10)12-2;7-3-1-9-6-4(8)2-10-5(3)6/h3-6H2,1-2H3;3-8H,1-2H2/t;3-,4+,5-,6-/m.1/s1. The minimum atomic E-state index is -0.554. The summed E-state index contributed by atoms with van der Waals surface area (Å²) in [6.07, 6.45) is 0.374. The van der Waals surface area contributed by atoms with Crippen LogP contribution in [-0.2, 0) is 28.5 Å². The van der Waals surface area contributed by atoms with E-state index in [9.17, 15) is 9.59 Å². The van der Waals surface area contributed by atoms with Gasteiger partial charge in [-0.15, -0.1) is 0 Å². The first-order valence-electron chi connectivity index (χ1n) is 7.22. The minimum Gasteiger partial charge on any atom is -0.469 e. The number of rotatable bonds is 5. The van der Waals surface area contributed by atoms with E-state index in [4.69, 9.17) is 19.7 Å². The fourth-order valence-corrected chi connectivity index (χ4v) is 2.20. The van der Waals surface area contributed by atoms with E-state index >= 15 is 0 Å². The lowest BCUT2D eigenvalue weighted by Crippen LogP contribution is -2.30. The predicted molar refractivity (Wildman–Crippen MR) is 74.0 cm³/mol. The molecular weight excluding hydrogens is 296 g/mol. The summed E-state index contributed by atoms with van der Waals surface area (Å²) in [5.74, 6) is -0.472. The third kappa shape index (κ3) is 5.88. The molecule has 0 aliphatic carbocycles. The monoisotopic (exact) mass is 320 g/mol. The number of carbonyl (C=O) groups excluding carboxylic acids is 2. The van der Waals surface area contributed by atoms with E-state index in [1.807, 2.05) is 0 Å². The van der Waals surface area contributed by atoms with E-state index < -0.39 is 12.2 Å². The molecule has 0 aromatic rings. The first-order chi connectivity index (χ1) is 10.5. The zero-order valence-electron chi connectivity index (χ0n) is 12.9. The Balaban J connectivity index is 0.000000222. The lowest BCUT2D eigenvalue weighted by molar-refractivity contribution is -0.142. The number of methoxy groups -OCH3 is 2. The summed E-state index contributed by atoms with van der Waals surface area (Å²) in [5.41, 5.74) is 0. The molecule has 0 aromatic heterocycles. The number of esters is 2. The molecule has 4 atom stereocenters. The summed E-state index contributed by atoms with van der Waals surface area (Å²) >= 11 is 0. The maximum Gasteiger partial charge on any atom is 0.305 e. The SMILES string of the molecule is COC(=O)CCCCC(=O)OC.O[C@@H]1CO[C@H]2[C@@H]1OC[C@@H]2O. The smallest absolute Gasteiger partial charge is 0.305 e. The molecule has 128 valence electrons. The maximum absolute atomic E-state index is 10.6. The van der Waals surface area contributed by atoms with Gasteiger partial charge in [0, 0.05) is 12.8 Å². The van der Waals surface area contributed by atoms with Crippen LogP contribution < -0.4 is 0 Å². The molecule has 8 heteroatoms. The molecule has 2 N–H and O–H groups in total. The van der Waals surface area contributed by atoms with Gasteiger partial charge in [0.05, 0.1) is 27.4 Å². The summed E-state index contributed by atoms with van der Waals surface area (Å²) in [6.45, 7) is 0.568. The van der Waals surface area contributed by atoms with Crippen molar-refractivity contribution in [1.29, 1.82) is 0 Å². The largest absolute Gasteiger partial charge is 0.469 e. The second kappa shape index (κ2) is 9.73. The van der Waals surface area contributed by atoms with E-state index in [1.165, 1.54) is 14.2 Å². The van der Waals surface area contributed by atoms with Crippen LogP contribution in [0.3, 0.4) is 0 Å². The number of hydrogen-bond donors (Lipinski definition) is 2. The fraction of sp³-hybridized carbons (Fsp3) is 0.857. The minimum absolute atomic E-state index is 0.236. The topological polar surface area (TPSA) is 112 Å². The number of aliphatic hydroxyl groups is 2.